The number of phosphoric acid groups is 2. The second-order valence-corrected chi connectivity index (χ2v) is 30.9. The molecule has 0 aliphatic carbocycles. The Labute approximate surface area is 586 Å². The summed E-state index contributed by atoms with van der Waals surface area (Å²) in [4.78, 5) is 72.8. The van der Waals surface area contributed by atoms with Crippen LogP contribution >= 0.6 is 15.6 Å². The molecule has 566 valence electrons. The van der Waals surface area contributed by atoms with E-state index in [4.69, 9.17) is 37.0 Å². The van der Waals surface area contributed by atoms with Crippen LogP contribution in [0.3, 0.4) is 0 Å². The highest BCUT2D eigenvalue weighted by molar-refractivity contribution is 7.47. The first-order chi connectivity index (χ1) is 46.4. The molecular formula is C77H146O17P2. The summed E-state index contributed by atoms with van der Waals surface area (Å²) in [6, 6.07) is 0. The maximum absolute atomic E-state index is 13.1. The van der Waals surface area contributed by atoms with Gasteiger partial charge in [-0.3, -0.25) is 37.3 Å². The van der Waals surface area contributed by atoms with Crippen molar-refractivity contribution in [3.63, 3.8) is 0 Å². The van der Waals surface area contributed by atoms with Crippen LogP contribution in [-0.4, -0.2) is 96.7 Å². The summed E-state index contributed by atoms with van der Waals surface area (Å²) in [5, 5.41) is 10.6. The fraction of sp³-hybridized carbons (Fsp3) is 0.896. The van der Waals surface area contributed by atoms with Crippen LogP contribution in [0.25, 0.3) is 0 Å². The number of carbonyl (C=O) groups excluding carboxylic acids is 4. The second kappa shape index (κ2) is 68.3. The number of carbonyl (C=O) groups is 4. The van der Waals surface area contributed by atoms with Gasteiger partial charge < -0.3 is 33.8 Å². The molecule has 3 N–H and O–H groups in total. The lowest BCUT2D eigenvalue weighted by molar-refractivity contribution is -0.161. The Kier molecular flexibility index (Phi) is 66.6. The fourth-order valence-corrected chi connectivity index (χ4v) is 12.9. The van der Waals surface area contributed by atoms with Gasteiger partial charge in [0.2, 0.25) is 0 Å². The molecule has 19 heteroatoms. The number of aliphatic hydroxyl groups is 1. The first-order valence-corrected chi connectivity index (χ1v) is 42.3. The minimum absolute atomic E-state index is 0.101. The van der Waals surface area contributed by atoms with Crippen LogP contribution < -0.4 is 0 Å². The zero-order valence-electron chi connectivity index (χ0n) is 62.2. The van der Waals surface area contributed by atoms with Crippen molar-refractivity contribution in [3.05, 3.63) is 24.3 Å². The summed E-state index contributed by atoms with van der Waals surface area (Å²) < 4.78 is 68.5. The summed E-state index contributed by atoms with van der Waals surface area (Å²) in [5.74, 6) is -0.678. The quantitative estimate of drug-likeness (QED) is 0.0169. The van der Waals surface area contributed by atoms with Crippen LogP contribution in [0.4, 0.5) is 0 Å². The predicted molar refractivity (Wildman–Crippen MR) is 391 cm³/mol. The van der Waals surface area contributed by atoms with Crippen LogP contribution in [0.2, 0.25) is 0 Å². The average Bonchev–Trinajstić information content (AvgIpc) is 1.78. The van der Waals surface area contributed by atoms with Crippen molar-refractivity contribution in [2.24, 2.45) is 11.8 Å². The Balaban J connectivity index is 5.28. The molecule has 5 atom stereocenters. The minimum Gasteiger partial charge on any atom is -0.462 e. The van der Waals surface area contributed by atoms with Crippen LogP contribution in [0.15, 0.2) is 24.3 Å². The number of ether oxygens (including phenoxy) is 4. The average molecular weight is 1410 g/mol. The molecular weight excluding hydrogens is 1260 g/mol. The number of esters is 4. The zero-order chi connectivity index (χ0) is 70.7. The van der Waals surface area contributed by atoms with Gasteiger partial charge in [0.05, 0.1) is 26.4 Å². The fourth-order valence-electron chi connectivity index (χ4n) is 11.3. The van der Waals surface area contributed by atoms with Crippen LogP contribution in [-0.2, 0) is 65.4 Å². The standard InChI is InChI=1S/C77H146O17P2/c1-7-9-11-13-15-17-19-21-23-24-26-28-32-36-42-49-55-61-76(81)93-72(65-87-74(79)59-53-47-41-35-31-27-25-22-20-18-16-14-12-10-8-2)67-91-95(83,84)89-63-71(78)64-90-96(85,86)92-68-73(66-88-75(80)60-54-48-44-38-40-46-52-58-70(5)6)94-77(82)62-56-50-43-37-33-29-30-34-39-45-51-57-69(3)4/h18,20,22,25,69-73,78H,7-17,19,21,23-24,26-68H2,1-6H3,(H,83,84)(H,85,86)/b20-18-,25-22-/t71-,72-,73-/m1/s1. The Morgan fingerprint density at radius 3 is 0.854 bits per heavy atom. The normalized spacial score (nSPS) is 14.2. The van der Waals surface area contributed by atoms with Crippen LogP contribution in [0, 0.1) is 11.8 Å². The Morgan fingerprint density at radius 2 is 0.562 bits per heavy atom. The summed E-state index contributed by atoms with van der Waals surface area (Å²) in [7, 11) is -9.92. The topological polar surface area (TPSA) is 237 Å². The van der Waals surface area contributed by atoms with Gasteiger partial charge in [-0.2, -0.15) is 0 Å². The molecule has 0 saturated carbocycles. The van der Waals surface area contributed by atoms with E-state index in [0.717, 1.165) is 121 Å². The minimum atomic E-state index is -4.97. The van der Waals surface area contributed by atoms with Crippen molar-refractivity contribution in [1.82, 2.24) is 0 Å². The van der Waals surface area contributed by atoms with E-state index in [1.54, 1.807) is 0 Å². The molecule has 17 nitrogen and oxygen atoms in total. The number of phosphoric ester groups is 2. The van der Waals surface area contributed by atoms with E-state index in [1.165, 1.54) is 167 Å². The molecule has 0 spiro atoms. The predicted octanol–water partition coefficient (Wildman–Crippen LogP) is 22.3. The van der Waals surface area contributed by atoms with Crippen molar-refractivity contribution in [1.29, 1.82) is 0 Å². The molecule has 2 unspecified atom stereocenters. The van der Waals surface area contributed by atoms with Crippen LogP contribution in [0.1, 0.15) is 375 Å². The summed E-state index contributed by atoms with van der Waals surface area (Å²) in [6.07, 6.45) is 59.1. The number of unbranched alkanes of at least 4 members (excludes halogenated alkanes) is 41. The first-order valence-electron chi connectivity index (χ1n) is 39.3. The van der Waals surface area contributed by atoms with Crippen LogP contribution in [0.5, 0.6) is 0 Å². The van der Waals surface area contributed by atoms with Crippen molar-refractivity contribution in [3.8, 4) is 0 Å². The van der Waals surface area contributed by atoms with E-state index in [9.17, 15) is 43.2 Å². The summed E-state index contributed by atoms with van der Waals surface area (Å²) in [5.41, 5.74) is 0. The smallest absolute Gasteiger partial charge is 0.462 e. The van der Waals surface area contributed by atoms with E-state index in [0.29, 0.717) is 31.6 Å². The SMILES string of the molecule is CCCCCC/C=C\C=C/CCCCCCCC(=O)OC[C@H](COP(=O)(O)OC[C@@H](O)COP(=O)(O)OC[C@@H](COC(=O)CCCCCCCCCC(C)C)OC(=O)CCCCCCCCCCCCCC(C)C)OC(=O)CCCCCCCCCCCCCCCCCCC. The highest BCUT2D eigenvalue weighted by Crippen LogP contribution is 2.45. The van der Waals surface area contributed by atoms with Crippen molar-refractivity contribution < 1.29 is 80.2 Å². The third-order valence-electron chi connectivity index (χ3n) is 17.3. The third-order valence-corrected chi connectivity index (χ3v) is 19.2. The largest absolute Gasteiger partial charge is 0.472 e. The molecule has 0 aliphatic heterocycles. The number of rotatable bonds is 74. The molecule has 0 rings (SSSR count). The van der Waals surface area contributed by atoms with Gasteiger partial charge in [-0.05, 0) is 63.2 Å². The van der Waals surface area contributed by atoms with Crippen molar-refractivity contribution >= 4 is 39.5 Å². The third kappa shape index (κ3) is 70.0. The number of hydrogen-bond donors (Lipinski definition) is 3. The van der Waals surface area contributed by atoms with E-state index >= 15 is 0 Å². The molecule has 0 heterocycles. The Hall–Kier alpha value is -2.46. The van der Waals surface area contributed by atoms with E-state index in [1.807, 2.05) is 0 Å². The van der Waals surface area contributed by atoms with E-state index in [-0.39, 0.29) is 25.7 Å². The van der Waals surface area contributed by atoms with Gasteiger partial charge in [-0.25, -0.2) is 9.13 Å². The molecule has 0 aromatic rings. The molecule has 0 radical (unpaired) electrons. The van der Waals surface area contributed by atoms with Crippen molar-refractivity contribution in [2.45, 2.75) is 394 Å². The molecule has 0 aromatic carbocycles. The molecule has 0 saturated heterocycles. The van der Waals surface area contributed by atoms with Gasteiger partial charge in [-0.1, -0.05) is 323 Å². The highest BCUT2D eigenvalue weighted by atomic mass is 31.2. The van der Waals surface area contributed by atoms with E-state index < -0.39 is 97.5 Å². The maximum atomic E-state index is 13.1. The van der Waals surface area contributed by atoms with Crippen molar-refractivity contribution in [2.75, 3.05) is 39.6 Å². The second-order valence-electron chi connectivity index (χ2n) is 28.0. The molecule has 0 fully saturated rings. The summed E-state index contributed by atoms with van der Waals surface area (Å²) >= 11 is 0. The lowest BCUT2D eigenvalue weighted by Gasteiger charge is -2.21. The molecule has 0 amide bonds. The van der Waals surface area contributed by atoms with Gasteiger partial charge in [0.25, 0.3) is 0 Å². The van der Waals surface area contributed by atoms with E-state index in [2.05, 4.69) is 65.8 Å². The van der Waals surface area contributed by atoms with Gasteiger partial charge >= 0.3 is 39.5 Å². The molecule has 96 heavy (non-hydrogen) atoms. The maximum Gasteiger partial charge on any atom is 0.472 e. The Bertz CT molecular complexity index is 1950. The molecule has 0 bridgehead atoms. The first kappa shape index (κ1) is 93.5. The lowest BCUT2D eigenvalue weighted by Crippen LogP contribution is -2.30. The lowest BCUT2D eigenvalue weighted by atomic mass is 10.0. The molecule has 0 aliphatic rings. The van der Waals surface area contributed by atoms with Gasteiger partial charge in [-0.15, -0.1) is 0 Å². The summed E-state index contributed by atoms with van der Waals surface area (Å²) in [6.45, 7) is 9.48. The monoisotopic (exact) mass is 1410 g/mol. The molecule has 0 aromatic heterocycles. The highest BCUT2D eigenvalue weighted by Gasteiger charge is 2.30. The number of hydrogen-bond acceptors (Lipinski definition) is 15. The van der Waals surface area contributed by atoms with Gasteiger partial charge in [0, 0.05) is 25.7 Å². The number of aliphatic hydroxyl groups excluding tert-OH is 1. The van der Waals surface area contributed by atoms with Gasteiger partial charge in [0.1, 0.15) is 19.3 Å². The number of allylic oxidation sites excluding steroid dienone is 4. The zero-order valence-corrected chi connectivity index (χ0v) is 63.9. The Morgan fingerprint density at radius 1 is 0.323 bits per heavy atom. The van der Waals surface area contributed by atoms with Gasteiger partial charge in [0.15, 0.2) is 12.2 Å².